The zero-order valence-electron chi connectivity index (χ0n) is 2.22. The van der Waals surface area contributed by atoms with Crippen LogP contribution in [0.25, 0.3) is 0 Å². The second kappa shape index (κ2) is 3.79. The molecule has 0 aromatic carbocycles. The van der Waals surface area contributed by atoms with Gasteiger partial charge in [0.25, 0.3) is 0 Å². The molecule has 0 aromatic rings. The molecule has 0 saturated carbocycles. The van der Waals surface area contributed by atoms with Crippen LogP contribution in [0.5, 0.6) is 0 Å². The van der Waals surface area contributed by atoms with Crippen LogP contribution in [0.1, 0.15) is 0 Å². The third kappa shape index (κ3) is 18.1. The molecule has 0 unspecified atom stereocenters. The first-order valence-corrected chi connectivity index (χ1v) is 48.1. The summed E-state index contributed by atoms with van der Waals surface area (Å²) in [6.07, 6.45) is 0. The van der Waals surface area contributed by atoms with Gasteiger partial charge in [-0.1, -0.05) is 0 Å². The van der Waals surface area contributed by atoms with Crippen LogP contribution < -0.4 is 0 Å². The zero-order valence-corrected chi connectivity index (χ0v) is 14.9. The van der Waals surface area contributed by atoms with E-state index >= 15 is 0 Å². The standard InChI is InChI=1S/Cd.4HI/h;4*1H/q+4;;;;/p-4. The molecule has 0 saturated heterocycles. The summed E-state index contributed by atoms with van der Waals surface area (Å²) in [5.41, 5.74) is 0. The Hall–Kier alpha value is 3.84. The molecule has 0 aliphatic rings. The summed E-state index contributed by atoms with van der Waals surface area (Å²) in [5, 5.41) is 0. The van der Waals surface area contributed by atoms with Gasteiger partial charge < -0.3 is 0 Å². The molecule has 0 amide bonds. The number of hydrogen-bond donors (Lipinski definition) is 0. The van der Waals surface area contributed by atoms with Crippen molar-refractivity contribution in [1.82, 2.24) is 0 Å². The molecule has 5 heavy (non-hydrogen) atoms. The topological polar surface area (TPSA) is 0 Å². The van der Waals surface area contributed by atoms with Crippen LogP contribution in [-0.4, -0.2) is 0 Å². The Morgan fingerprint density at radius 3 is 0.800 bits per heavy atom. The van der Waals surface area contributed by atoms with E-state index in [4.69, 9.17) is 0 Å². The van der Waals surface area contributed by atoms with Gasteiger partial charge in [-0.2, -0.15) is 0 Å². The van der Waals surface area contributed by atoms with E-state index in [1.165, 1.54) is 0 Å². The SMILES string of the molecule is [I][Cd]([I])([I])[I]. The second-order valence-electron chi connectivity index (χ2n) is 0.606. The summed E-state index contributed by atoms with van der Waals surface area (Å²) in [6.45, 7) is 0. The van der Waals surface area contributed by atoms with Crippen molar-refractivity contribution < 1.29 is 4.00 Å². The van der Waals surface area contributed by atoms with Gasteiger partial charge in [-0.3, -0.25) is 0 Å². The van der Waals surface area contributed by atoms with Crippen LogP contribution in [0.4, 0.5) is 0 Å². The number of hydrogen-bond acceptors (Lipinski definition) is 0. The van der Waals surface area contributed by atoms with E-state index in [0.29, 0.717) is 0 Å². The Morgan fingerprint density at radius 2 is 0.800 bits per heavy atom. The van der Waals surface area contributed by atoms with Crippen LogP contribution in [0.15, 0.2) is 0 Å². The van der Waals surface area contributed by atoms with Crippen LogP contribution in [0.3, 0.4) is 0 Å². The molecule has 0 bridgehead atoms. The minimum absolute atomic E-state index is 1.46. The van der Waals surface area contributed by atoms with Crippen molar-refractivity contribution in [2.45, 2.75) is 0 Å². The molecule has 0 N–H and O–H groups in total. The molecule has 5 heteroatoms. The van der Waals surface area contributed by atoms with Crippen molar-refractivity contribution in [1.29, 1.82) is 0 Å². The van der Waals surface area contributed by atoms with E-state index in [1.54, 1.807) is 0 Å². The number of halogens is 4. The fourth-order valence-corrected chi connectivity index (χ4v) is 0. The summed E-state index contributed by atoms with van der Waals surface area (Å²) >= 11 is 10.3. The van der Waals surface area contributed by atoms with Gasteiger partial charge in [0.05, 0.1) is 0 Å². The quantitative estimate of drug-likeness (QED) is 0.288. The first-order valence-electron chi connectivity index (χ1n) is 1.07. The van der Waals surface area contributed by atoms with Gasteiger partial charge in [0.15, 0.2) is 0 Å². The minimum atomic E-state index is -1.46. The molecule has 0 nitrogen and oxygen atoms in total. The fourth-order valence-electron chi connectivity index (χ4n) is 0. The molecule has 0 aliphatic carbocycles. The summed E-state index contributed by atoms with van der Waals surface area (Å²) < 4.78 is -1.46. The Morgan fingerprint density at radius 1 is 0.800 bits per heavy atom. The molecule has 0 spiro atoms. The van der Waals surface area contributed by atoms with Gasteiger partial charge in [0.2, 0.25) is 0 Å². The summed E-state index contributed by atoms with van der Waals surface area (Å²) in [5.74, 6) is 0. The average Bonchev–Trinajstić information content (AvgIpc) is 0.722. The van der Waals surface area contributed by atoms with Gasteiger partial charge in [-0.15, -0.1) is 0 Å². The van der Waals surface area contributed by atoms with E-state index in [-0.39, 0.29) is 0 Å². The number of rotatable bonds is 0. The Kier molecular flexibility index (Phi) is 6.70. The van der Waals surface area contributed by atoms with Crippen molar-refractivity contribution in [3.05, 3.63) is 0 Å². The van der Waals surface area contributed by atoms with E-state index < -0.39 is 4.00 Å². The van der Waals surface area contributed by atoms with Crippen molar-refractivity contribution in [2.24, 2.45) is 0 Å². The van der Waals surface area contributed by atoms with Crippen molar-refractivity contribution in [2.75, 3.05) is 0 Å². The van der Waals surface area contributed by atoms with Gasteiger partial charge in [0.1, 0.15) is 0 Å². The summed E-state index contributed by atoms with van der Waals surface area (Å²) in [4.78, 5) is 0. The van der Waals surface area contributed by atoms with Gasteiger partial charge in [-0.25, -0.2) is 0 Å². The molecular weight excluding hydrogens is 620 g/mol. The maximum atomic E-state index is 2.57. The molecule has 30 valence electrons. The predicted octanol–water partition coefficient (Wildman–Crippen LogP) is 3.54. The van der Waals surface area contributed by atoms with Gasteiger partial charge in [-0.05, 0) is 0 Å². The molecule has 0 aliphatic heterocycles. The third-order valence-electron chi connectivity index (χ3n) is 0. The Balaban J connectivity index is 3.02. The fraction of sp³-hybridized carbons (Fsp3) is 0. The van der Waals surface area contributed by atoms with Crippen molar-refractivity contribution >= 4 is 71.0 Å². The average molecular weight is 620 g/mol. The maximum absolute atomic E-state index is 2.57. The molecule has 0 fully saturated rings. The molecule has 0 atom stereocenters. The molecule has 0 heterocycles. The first kappa shape index (κ1) is 8.84. The second-order valence-corrected chi connectivity index (χ2v) is 183. The van der Waals surface area contributed by atoms with Crippen molar-refractivity contribution in [3.63, 3.8) is 0 Å². The predicted molar refractivity (Wildman–Crippen MR) is 56.1 cm³/mol. The molecule has 0 radical (unpaired) electrons. The first-order chi connectivity index (χ1) is 2.00. The normalized spacial score (nSPS) is 8.80. The summed E-state index contributed by atoms with van der Waals surface area (Å²) in [6, 6.07) is 0. The Bertz CT molecular complexity index is 19.1. The Labute approximate surface area is 72.1 Å². The van der Waals surface area contributed by atoms with E-state index in [1.807, 2.05) is 0 Å². The summed E-state index contributed by atoms with van der Waals surface area (Å²) in [7, 11) is 0. The van der Waals surface area contributed by atoms with Crippen LogP contribution >= 0.6 is 71.0 Å². The van der Waals surface area contributed by atoms with E-state index in [9.17, 15) is 0 Å². The molecular formula is CdI4. The van der Waals surface area contributed by atoms with Gasteiger partial charge in [0, 0.05) is 0 Å². The van der Waals surface area contributed by atoms with E-state index in [2.05, 4.69) is 71.0 Å². The molecule has 0 aromatic heterocycles. The van der Waals surface area contributed by atoms with E-state index in [0.717, 1.165) is 0 Å². The van der Waals surface area contributed by atoms with Crippen LogP contribution in [0, 0.1) is 0 Å². The van der Waals surface area contributed by atoms with Gasteiger partial charge >= 0.3 is 75.0 Å². The zero-order chi connectivity index (χ0) is 4.50. The van der Waals surface area contributed by atoms with Crippen molar-refractivity contribution in [3.8, 4) is 0 Å². The third-order valence-corrected chi connectivity index (χ3v) is 0. The monoisotopic (exact) mass is 622 g/mol. The van der Waals surface area contributed by atoms with Crippen LogP contribution in [-0.2, 0) is 4.00 Å². The van der Waals surface area contributed by atoms with Crippen LogP contribution in [0.2, 0.25) is 0 Å². The molecule has 0 rings (SSSR count).